The lowest BCUT2D eigenvalue weighted by atomic mass is 10.3. The molecule has 16 heavy (non-hydrogen) atoms. The standard InChI is InChI=1S/C9H7N3O4/c13-9(14)3-7-4-10-8-2-1-6(12(15)16)5-11(7)8/h1-2,4-5H,3H2,(H,13,14). The van der Waals surface area contributed by atoms with Gasteiger partial charge in [0.05, 0.1) is 23.2 Å². The van der Waals surface area contributed by atoms with Gasteiger partial charge >= 0.3 is 5.97 Å². The molecule has 0 saturated heterocycles. The molecule has 0 fully saturated rings. The lowest BCUT2D eigenvalue weighted by Gasteiger charge is -1.98. The number of nitro groups is 1. The Labute approximate surface area is 89.1 Å². The highest BCUT2D eigenvalue weighted by Crippen LogP contribution is 2.14. The summed E-state index contributed by atoms with van der Waals surface area (Å²) in [6, 6.07) is 2.80. The lowest BCUT2D eigenvalue weighted by Crippen LogP contribution is -2.03. The van der Waals surface area contributed by atoms with Crippen LogP contribution >= 0.6 is 0 Å². The van der Waals surface area contributed by atoms with Gasteiger partial charge in [-0.2, -0.15) is 0 Å². The second kappa shape index (κ2) is 3.61. The van der Waals surface area contributed by atoms with Crippen LogP contribution < -0.4 is 0 Å². The Bertz CT molecular complexity index is 575. The number of nitrogens with zero attached hydrogens (tertiary/aromatic N) is 3. The topological polar surface area (TPSA) is 97.7 Å². The minimum absolute atomic E-state index is 0.0999. The molecule has 0 aliphatic rings. The van der Waals surface area contributed by atoms with Crippen LogP contribution in [0.1, 0.15) is 5.69 Å². The summed E-state index contributed by atoms with van der Waals surface area (Å²) in [6.45, 7) is 0. The third-order valence-corrected chi connectivity index (χ3v) is 2.11. The Morgan fingerprint density at radius 3 is 2.94 bits per heavy atom. The van der Waals surface area contributed by atoms with Crippen molar-refractivity contribution in [2.24, 2.45) is 0 Å². The van der Waals surface area contributed by atoms with E-state index in [1.54, 1.807) is 0 Å². The summed E-state index contributed by atoms with van der Waals surface area (Å²) in [6.07, 6.45) is 2.44. The fraction of sp³-hybridized carbons (Fsp3) is 0.111. The summed E-state index contributed by atoms with van der Waals surface area (Å²) >= 11 is 0. The predicted octanol–water partition coefficient (Wildman–Crippen LogP) is 0.870. The number of rotatable bonds is 3. The van der Waals surface area contributed by atoms with Gasteiger partial charge in [-0.15, -0.1) is 0 Å². The molecule has 7 heteroatoms. The summed E-state index contributed by atoms with van der Waals surface area (Å²) < 4.78 is 1.41. The van der Waals surface area contributed by atoms with Crippen LogP contribution in [-0.2, 0) is 11.2 Å². The molecule has 0 aliphatic heterocycles. The molecular weight excluding hydrogens is 214 g/mol. The number of aliphatic carboxylic acids is 1. The van der Waals surface area contributed by atoms with Gasteiger partial charge in [-0.1, -0.05) is 0 Å². The third kappa shape index (κ3) is 1.70. The summed E-state index contributed by atoms with van der Waals surface area (Å²) in [5.74, 6) is -1.01. The quantitative estimate of drug-likeness (QED) is 0.612. The average molecular weight is 221 g/mol. The predicted molar refractivity (Wildman–Crippen MR) is 53.2 cm³/mol. The molecule has 0 unspecified atom stereocenters. The monoisotopic (exact) mass is 221 g/mol. The van der Waals surface area contributed by atoms with Gasteiger partial charge < -0.3 is 5.11 Å². The van der Waals surface area contributed by atoms with Crippen LogP contribution in [0, 0.1) is 10.1 Å². The minimum Gasteiger partial charge on any atom is -0.481 e. The maximum Gasteiger partial charge on any atom is 0.309 e. The van der Waals surface area contributed by atoms with E-state index in [1.807, 2.05) is 0 Å². The zero-order valence-electron chi connectivity index (χ0n) is 8.03. The zero-order valence-corrected chi connectivity index (χ0v) is 8.03. The Morgan fingerprint density at radius 1 is 1.56 bits per heavy atom. The van der Waals surface area contributed by atoms with Crippen molar-refractivity contribution >= 4 is 17.3 Å². The minimum atomic E-state index is -1.01. The fourth-order valence-corrected chi connectivity index (χ4v) is 1.41. The van der Waals surface area contributed by atoms with Crippen molar-refractivity contribution in [1.82, 2.24) is 9.38 Å². The number of carbonyl (C=O) groups is 1. The van der Waals surface area contributed by atoms with E-state index in [1.165, 1.54) is 28.9 Å². The van der Waals surface area contributed by atoms with Crippen LogP contribution in [0.25, 0.3) is 5.65 Å². The van der Waals surface area contributed by atoms with E-state index in [0.29, 0.717) is 11.3 Å². The second-order valence-electron chi connectivity index (χ2n) is 3.19. The van der Waals surface area contributed by atoms with Gasteiger partial charge in [0.2, 0.25) is 0 Å². The van der Waals surface area contributed by atoms with Gasteiger partial charge in [-0.3, -0.25) is 19.3 Å². The van der Waals surface area contributed by atoms with Crippen molar-refractivity contribution < 1.29 is 14.8 Å². The van der Waals surface area contributed by atoms with Gasteiger partial charge in [0.25, 0.3) is 5.69 Å². The van der Waals surface area contributed by atoms with Crippen molar-refractivity contribution in [2.45, 2.75) is 6.42 Å². The van der Waals surface area contributed by atoms with E-state index < -0.39 is 10.9 Å². The lowest BCUT2D eigenvalue weighted by molar-refractivity contribution is -0.385. The maximum absolute atomic E-state index is 10.6. The Kier molecular flexibility index (Phi) is 2.28. The van der Waals surface area contributed by atoms with Gasteiger partial charge in [0, 0.05) is 12.3 Å². The molecule has 2 rings (SSSR count). The maximum atomic E-state index is 10.6. The molecule has 0 aliphatic carbocycles. The largest absolute Gasteiger partial charge is 0.481 e. The number of aromatic nitrogens is 2. The first-order valence-electron chi connectivity index (χ1n) is 4.40. The van der Waals surface area contributed by atoms with Crippen LogP contribution in [0.3, 0.4) is 0 Å². The van der Waals surface area contributed by atoms with Crippen LogP contribution in [0.4, 0.5) is 5.69 Å². The molecule has 0 bridgehead atoms. The van der Waals surface area contributed by atoms with E-state index in [9.17, 15) is 14.9 Å². The average Bonchev–Trinajstić information content (AvgIpc) is 2.60. The molecular formula is C9H7N3O4. The van der Waals surface area contributed by atoms with E-state index in [-0.39, 0.29) is 12.1 Å². The number of fused-ring (bicyclic) bond motifs is 1. The number of pyridine rings is 1. The molecule has 0 aromatic carbocycles. The van der Waals surface area contributed by atoms with Crippen molar-refractivity contribution in [3.63, 3.8) is 0 Å². The van der Waals surface area contributed by atoms with Gasteiger partial charge in [0.1, 0.15) is 5.65 Å². The van der Waals surface area contributed by atoms with Gasteiger partial charge in [0.15, 0.2) is 0 Å². The number of hydrogen-bond acceptors (Lipinski definition) is 4. The van der Waals surface area contributed by atoms with Gasteiger partial charge in [-0.05, 0) is 6.07 Å². The highest BCUT2D eigenvalue weighted by atomic mass is 16.6. The second-order valence-corrected chi connectivity index (χ2v) is 3.19. The first-order chi connectivity index (χ1) is 7.58. The van der Waals surface area contributed by atoms with Crippen molar-refractivity contribution in [3.05, 3.63) is 40.3 Å². The van der Waals surface area contributed by atoms with E-state index in [4.69, 9.17) is 5.11 Å². The molecule has 82 valence electrons. The normalized spacial score (nSPS) is 10.5. The van der Waals surface area contributed by atoms with Crippen molar-refractivity contribution in [3.8, 4) is 0 Å². The molecule has 2 aromatic heterocycles. The molecule has 0 amide bonds. The Morgan fingerprint density at radius 2 is 2.31 bits per heavy atom. The Hall–Kier alpha value is -2.44. The Balaban J connectivity index is 2.55. The number of hydrogen-bond donors (Lipinski definition) is 1. The summed E-state index contributed by atoms with van der Waals surface area (Å²) in [5.41, 5.74) is 0.796. The molecule has 0 radical (unpaired) electrons. The molecule has 2 aromatic rings. The van der Waals surface area contributed by atoms with Crippen molar-refractivity contribution in [2.75, 3.05) is 0 Å². The molecule has 0 atom stereocenters. The van der Waals surface area contributed by atoms with Crippen LogP contribution in [-0.4, -0.2) is 25.4 Å². The van der Waals surface area contributed by atoms with E-state index in [2.05, 4.69) is 4.98 Å². The number of imidazole rings is 1. The highest BCUT2D eigenvalue weighted by molar-refractivity contribution is 5.70. The van der Waals surface area contributed by atoms with Gasteiger partial charge in [-0.25, -0.2) is 4.98 Å². The molecule has 0 spiro atoms. The molecule has 2 heterocycles. The molecule has 1 N–H and O–H groups in total. The van der Waals surface area contributed by atoms with E-state index in [0.717, 1.165) is 0 Å². The van der Waals surface area contributed by atoms with Crippen molar-refractivity contribution in [1.29, 1.82) is 0 Å². The summed E-state index contributed by atoms with van der Waals surface area (Å²) in [5, 5.41) is 19.2. The smallest absolute Gasteiger partial charge is 0.309 e. The number of carboxylic acids is 1. The first-order valence-corrected chi connectivity index (χ1v) is 4.40. The summed E-state index contributed by atoms with van der Waals surface area (Å²) in [4.78, 5) is 24.5. The highest BCUT2D eigenvalue weighted by Gasteiger charge is 2.11. The zero-order chi connectivity index (χ0) is 11.7. The SMILES string of the molecule is O=C(O)Cc1cnc2ccc([N+](=O)[O-])cn12. The first kappa shape index (κ1) is 10.1. The fourth-order valence-electron chi connectivity index (χ4n) is 1.41. The van der Waals surface area contributed by atoms with Crippen LogP contribution in [0.5, 0.6) is 0 Å². The molecule has 7 nitrogen and oxygen atoms in total. The number of carboxylic acid groups (broad SMARTS) is 1. The van der Waals surface area contributed by atoms with Crippen LogP contribution in [0.15, 0.2) is 24.5 Å². The third-order valence-electron chi connectivity index (χ3n) is 2.11. The summed E-state index contributed by atoms with van der Waals surface area (Å²) in [7, 11) is 0. The molecule has 0 saturated carbocycles. The van der Waals surface area contributed by atoms with Crippen LogP contribution in [0.2, 0.25) is 0 Å². The van der Waals surface area contributed by atoms with E-state index >= 15 is 0 Å².